The smallest absolute Gasteiger partial charge is 0.254 e. The predicted molar refractivity (Wildman–Crippen MR) is 98.1 cm³/mol. The fourth-order valence-corrected chi connectivity index (χ4v) is 2.58. The maximum Gasteiger partial charge on any atom is 0.254 e. The summed E-state index contributed by atoms with van der Waals surface area (Å²) in [4.78, 5) is 18.3. The van der Waals surface area contributed by atoms with Crippen LogP contribution in [0.5, 0.6) is 0 Å². The van der Waals surface area contributed by atoms with E-state index in [0.717, 1.165) is 17.1 Å². The minimum atomic E-state index is -0.281. The highest BCUT2D eigenvalue weighted by atomic mass is 19.1. The van der Waals surface area contributed by atoms with Crippen LogP contribution in [0.3, 0.4) is 0 Å². The molecule has 0 aliphatic rings. The lowest BCUT2D eigenvalue weighted by atomic mass is 10.2. The van der Waals surface area contributed by atoms with Crippen molar-refractivity contribution in [2.75, 3.05) is 25.5 Å². The second-order valence-corrected chi connectivity index (χ2v) is 6.02. The molecule has 6 nitrogen and oxygen atoms in total. The summed E-state index contributed by atoms with van der Waals surface area (Å²) in [5.74, 6) is -0.448. The Morgan fingerprint density at radius 2 is 1.96 bits per heavy atom. The maximum absolute atomic E-state index is 13.0. The fraction of sp³-hybridized carbons (Fsp3) is 0.211. The molecule has 0 fully saturated rings. The number of hydrogen-bond acceptors (Lipinski definition) is 4. The number of rotatable bonds is 6. The molecule has 1 amide bonds. The molecule has 0 aliphatic heterocycles. The van der Waals surface area contributed by atoms with Gasteiger partial charge in [0.05, 0.1) is 22.6 Å². The Kier molecular flexibility index (Phi) is 5.26. The second kappa shape index (κ2) is 7.77. The molecule has 0 spiro atoms. The van der Waals surface area contributed by atoms with Gasteiger partial charge in [-0.2, -0.15) is 5.10 Å². The van der Waals surface area contributed by atoms with Crippen LogP contribution >= 0.6 is 0 Å². The van der Waals surface area contributed by atoms with Crippen molar-refractivity contribution in [3.05, 3.63) is 72.1 Å². The number of amides is 1. The van der Waals surface area contributed by atoms with Gasteiger partial charge >= 0.3 is 0 Å². The van der Waals surface area contributed by atoms with Crippen LogP contribution in [0.2, 0.25) is 0 Å². The first-order valence-corrected chi connectivity index (χ1v) is 8.24. The Labute approximate surface area is 151 Å². The SMILES string of the molecule is CN(C)c1ccncc1C(=O)NCCc1ccn(-c2ccc(F)cc2)n1. The zero-order valence-electron chi connectivity index (χ0n) is 14.7. The van der Waals surface area contributed by atoms with E-state index in [4.69, 9.17) is 0 Å². The van der Waals surface area contributed by atoms with E-state index in [1.54, 1.807) is 35.3 Å². The zero-order valence-corrected chi connectivity index (χ0v) is 14.7. The van der Waals surface area contributed by atoms with Crippen molar-refractivity contribution >= 4 is 11.6 Å². The Hall–Kier alpha value is -3.22. The molecule has 2 heterocycles. The Morgan fingerprint density at radius 3 is 2.69 bits per heavy atom. The van der Waals surface area contributed by atoms with Gasteiger partial charge in [0.15, 0.2) is 0 Å². The van der Waals surface area contributed by atoms with Crippen molar-refractivity contribution < 1.29 is 9.18 Å². The highest BCUT2D eigenvalue weighted by Gasteiger charge is 2.12. The summed E-state index contributed by atoms with van der Waals surface area (Å²) in [6, 6.07) is 9.81. The molecule has 0 saturated heterocycles. The number of benzene rings is 1. The third kappa shape index (κ3) is 4.05. The number of nitrogens with one attached hydrogen (secondary N) is 1. The maximum atomic E-state index is 13.0. The molecule has 0 aliphatic carbocycles. The third-order valence-corrected chi connectivity index (χ3v) is 3.93. The van der Waals surface area contributed by atoms with Crippen LogP contribution in [0.1, 0.15) is 16.1 Å². The first-order chi connectivity index (χ1) is 12.5. The van der Waals surface area contributed by atoms with Gasteiger partial charge in [-0.25, -0.2) is 9.07 Å². The fourth-order valence-electron chi connectivity index (χ4n) is 2.58. The summed E-state index contributed by atoms with van der Waals surface area (Å²) in [5, 5.41) is 7.34. The third-order valence-electron chi connectivity index (χ3n) is 3.93. The van der Waals surface area contributed by atoms with Crippen molar-refractivity contribution in [3.8, 4) is 5.69 Å². The summed E-state index contributed by atoms with van der Waals surface area (Å²) in [7, 11) is 3.77. The molecule has 1 N–H and O–H groups in total. The number of halogens is 1. The number of anilines is 1. The molecular formula is C19H20FN5O. The first-order valence-electron chi connectivity index (χ1n) is 8.24. The minimum Gasteiger partial charge on any atom is -0.377 e. The van der Waals surface area contributed by atoms with Crippen LogP contribution in [-0.4, -0.2) is 41.3 Å². The van der Waals surface area contributed by atoms with E-state index >= 15 is 0 Å². The molecule has 7 heteroatoms. The molecule has 1 aromatic carbocycles. The van der Waals surface area contributed by atoms with Gasteiger partial charge in [-0.05, 0) is 36.4 Å². The number of pyridine rings is 1. The van der Waals surface area contributed by atoms with Gasteiger partial charge < -0.3 is 10.2 Å². The van der Waals surface area contributed by atoms with Crippen molar-refractivity contribution in [3.63, 3.8) is 0 Å². The van der Waals surface area contributed by atoms with Gasteiger partial charge in [0.1, 0.15) is 5.82 Å². The average Bonchev–Trinajstić information content (AvgIpc) is 3.11. The largest absolute Gasteiger partial charge is 0.377 e. The molecule has 0 unspecified atom stereocenters. The predicted octanol–water partition coefficient (Wildman–Crippen LogP) is 2.44. The van der Waals surface area contributed by atoms with E-state index in [9.17, 15) is 9.18 Å². The van der Waals surface area contributed by atoms with Gasteiger partial charge in [0.2, 0.25) is 0 Å². The molecule has 134 valence electrons. The standard InChI is InChI=1S/C19H20FN5O/c1-24(2)18-8-10-21-13-17(18)19(26)22-11-7-15-9-12-25(23-15)16-5-3-14(20)4-6-16/h3-6,8-10,12-13H,7,11H2,1-2H3,(H,22,26). The molecule has 0 saturated carbocycles. The van der Waals surface area contributed by atoms with Gasteiger partial charge in [-0.15, -0.1) is 0 Å². The summed E-state index contributed by atoms with van der Waals surface area (Å²) in [6.45, 7) is 0.459. The molecule has 2 aromatic heterocycles. The van der Waals surface area contributed by atoms with Crippen LogP contribution in [0.4, 0.5) is 10.1 Å². The van der Waals surface area contributed by atoms with E-state index in [1.807, 2.05) is 31.3 Å². The van der Waals surface area contributed by atoms with Gasteiger partial charge in [-0.3, -0.25) is 9.78 Å². The summed E-state index contributed by atoms with van der Waals surface area (Å²) in [5.41, 5.74) is 2.98. The molecule has 0 radical (unpaired) electrons. The molecule has 26 heavy (non-hydrogen) atoms. The first kappa shape index (κ1) is 17.6. The highest BCUT2D eigenvalue weighted by Crippen LogP contribution is 2.16. The molecule has 3 aromatic rings. The lowest BCUT2D eigenvalue weighted by Crippen LogP contribution is -2.27. The van der Waals surface area contributed by atoms with Gasteiger partial charge in [-0.1, -0.05) is 0 Å². The Bertz CT molecular complexity index is 889. The normalized spacial score (nSPS) is 10.6. The van der Waals surface area contributed by atoms with Crippen molar-refractivity contribution in [1.82, 2.24) is 20.1 Å². The Balaban J connectivity index is 1.59. The van der Waals surface area contributed by atoms with E-state index < -0.39 is 0 Å². The van der Waals surface area contributed by atoms with Crippen LogP contribution in [0.15, 0.2) is 55.0 Å². The second-order valence-electron chi connectivity index (χ2n) is 6.02. The van der Waals surface area contributed by atoms with Crippen LogP contribution < -0.4 is 10.2 Å². The Morgan fingerprint density at radius 1 is 1.19 bits per heavy atom. The van der Waals surface area contributed by atoms with Crippen LogP contribution in [-0.2, 0) is 6.42 Å². The van der Waals surface area contributed by atoms with E-state index in [1.165, 1.54) is 12.1 Å². The lowest BCUT2D eigenvalue weighted by molar-refractivity contribution is 0.0954. The van der Waals surface area contributed by atoms with E-state index in [-0.39, 0.29) is 11.7 Å². The number of hydrogen-bond donors (Lipinski definition) is 1. The minimum absolute atomic E-state index is 0.167. The summed E-state index contributed by atoms with van der Waals surface area (Å²) >= 11 is 0. The summed E-state index contributed by atoms with van der Waals surface area (Å²) in [6.07, 6.45) is 5.63. The highest BCUT2D eigenvalue weighted by molar-refractivity contribution is 5.99. The number of carbonyl (C=O) groups is 1. The quantitative estimate of drug-likeness (QED) is 0.739. The van der Waals surface area contributed by atoms with E-state index in [2.05, 4.69) is 15.4 Å². The van der Waals surface area contributed by atoms with E-state index in [0.29, 0.717) is 18.5 Å². The van der Waals surface area contributed by atoms with Crippen LogP contribution in [0, 0.1) is 5.82 Å². The molecular weight excluding hydrogens is 333 g/mol. The molecule has 3 rings (SSSR count). The monoisotopic (exact) mass is 353 g/mol. The topological polar surface area (TPSA) is 63.1 Å². The zero-order chi connectivity index (χ0) is 18.5. The van der Waals surface area contributed by atoms with Crippen molar-refractivity contribution in [2.45, 2.75) is 6.42 Å². The number of aromatic nitrogens is 3. The van der Waals surface area contributed by atoms with Gasteiger partial charge in [0.25, 0.3) is 5.91 Å². The molecule has 0 atom stereocenters. The average molecular weight is 353 g/mol. The van der Waals surface area contributed by atoms with Crippen molar-refractivity contribution in [2.24, 2.45) is 0 Å². The van der Waals surface area contributed by atoms with Crippen LogP contribution in [0.25, 0.3) is 5.69 Å². The number of nitrogens with zero attached hydrogens (tertiary/aromatic N) is 4. The van der Waals surface area contributed by atoms with Gasteiger partial charge in [0, 0.05) is 45.7 Å². The lowest BCUT2D eigenvalue weighted by Gasteiger charge is -2.16. The summed E-state index contributed by atoms with van der Waals surface area (Å²) < 4.78 is 14.7. The molecule has 0 bridgehead atoms. The number of carbonyl (C=O) groups excluding carboxylic acids is 1. The van der Waals surface area contributed by atoms with Crippen molar-refractivity contribution in [1.29, 1.82) is 0 Å².